The first-order valence-corrected chi connectivity index (χ1v) is 9.48. The van der Waals surface area contributed by atoms with Gasteiger partial charge in [-0.15, -0.1) is 0 Å². The Hall–Kier alpha value is -1.96. The molecule has 3 rings (SSSR count). The highest BCUT2D eigenvalue weighted by Crippen LogP contribution is 2.34. The second-order valence-electron chi connectivity index (χ2n) is 5.82. The van der Waals surface area contributed by atoms with Crippen molar-refractivity contribution in [1.82, 2.24) is 9.88 Å². The molecule has 1 saturated heterocycles. The lowest BCUT2D eigenvalue weighted by Gasteiger charge is -2.14. The molecule has 8 heteroatoms. The first-order valence-electron chi connectivity index (χ1n) is 7.88. The van der Waals surface area contributed by atoms with E-state index in [0.717, 1.165) is 16.5 Å². The highest BCUT2D eigenvalue weighted by molar-refractivity contribution is 8.26. The average Bonchev–Trinajstić information content (AvgIpc) is 2.84. The molecule has 26 heavy (non-hydrogen) atoms. The maximum absolute atomic E-state index is 12.5. The van der Waals surface area contributed by atoms with Crippen molar-refractivity contribution in [1.29, 1.82) is 0 Å². The lowest BCUT2D eigenvalue weighted by molar-refractivity contribution is -0.305. The second-order valence-corrected chi connectivity index (χ2v) is 7.86. The van der Waals surface area contributed by atoms with Crippen molar-refractivity contribution < 1.29 is 14.7 Å². The van der Waals surface area contributed by atoms with Crippen LogP contribution in [0.1, 0.15) is 24.0 Å². The molecule has 0 atom stereocenters. The van der Waals surface area contributed by atoms with Crippen LogP contribution in [0.5, 0.6) is 0 Å². The first-order chi connectivity index (χ1) is 12.4. The van der Waals surface area contributed by atoms with Crippen LogP contribution in [0.2, 0.25) is 5.15 Å². The van der Waals surface area contributed by atoms with E-state index < -0.39 is 5.97 Å². The Labute approximate surface area is 165 Å². The highest BCUT2D eigenvalue weighted by atomic mass is 35.5. The lowest BCUT2D eigenvalue weighted by atomic mass is 10.1. The SMILES string of the molecule is Cc1cccc2cc(/C=C3\SC(=S)N(CCCC(=O)[O-])C3=O)c(Cl)nc12. The molecular weight excluding hydrogens is 392 g/mol. The zero-order chi connectivity index (χ0) is 18.8. The van der Waals surface area contributed by atoms with Crippen molar-refractivity contribution in [2.45, 2.75) is 19.8 Å². The summed E-state index contributed by atoms with van der Waals surface area (Å²) in [5.41, 5.74) is 2.49. The van der Waals surface area contributed by atoms with Gasteiger partial charge in [0.2, 0.25) is 0 Å². The van der Waals surface area contributed by atoms with Crippen LogP contribution >= 0.6 is 35.6 Å². The van der Waals surface area contributed by atoms with Gasteiger partial charge in [-0.25, -0.2) is 4.98 Å². The number of benzene rings is 1. The van der Waals surface area contributed by atoms with Crippen LogP contribution in [-0.2, 0) is 9.59 Å². The van der Waals surface area contributed by atoms with Crippen LogP contribution in [0, 0.1) is 6.92 Å². The monoisotopic (exact) mass is 405 g/mol. The minimum Gasteiger partial charge on any atom is -0.550 e. The Balaban J connectivity index is 1.87. The number of carbonyl (C=O) groups is 2. The second kappa shape index (κ2) is 7.73. The van der Waals surface area contributed by atoms with E-state index in [0.29, 0.717) is 26.4 Å². The van der Waals surface area contributed by atoms with Crippen LogP contribution in [-0.4, -0.2) is 32.6 Å². The maximum Gasteiger partial charge on any atom is 0.266 e. The van der Waals surface area contributed by atoms with Crippen LogP contribution in [0.15, 0.2) is 29.2 Å². The Kier molecular flexibility index (Phi) is 5.60. The molecule has 1 aliphatic rings. The number of thiocarbonyl (C=S) groups is 1. The molecule has 5 nitrogen and oxygen atoms in total. The van der Waals surface area contributed by atoms with E-state index in [1.807, 2.05) is 31.2 Å². The Morgan fingerprint density at radius 1 is 1.46 bits per heavy atom. The molecule has 0 radical (unpaired) electrons. The van der Waals surface area contributed by atoms with Crippen molar-refractivity contribution >= 4 is 68.8 Å². The van der Waals surface area contributed by atoms with Gasteiger partial charge < -0.3 is 9.90 Å². The molecule has 134 valence electrons. The summed E-state index contributed by atoms with van der Waals surface area (Å²) >= 11 is 12.7. The van der Waals surface area contributed by atoms with Gasteiger partial charge in [0.25, 0.3) is 5.91 Å². The summed E-state index contributed by atoms with van der Waals surface area (Å²) in [6, 6.07) is 7.73. The molecule has 1 aliphatic heterocycles. The van der Waals surface area contributed by atoms with Crippen molar-refractivity contribution in [3.8, 4) is 0 Å². The van der Waals surface area contributed by atoms with E-state index in [9.17, 15) is 14.7 Å². The van der Waals surface area contributed by atoms with Crippen LogP contribution in [0.3, 0.4) is 0 Å². The van der Waals surface area contributed by atoms with Crippen LogP contribution in [0.4, 0.5) is 0 Å². The van der Waals surface area contributed by atoms with Gasteiger partial charge in [-0.05, 0) is 37.5 Å². The lowest BCUT2D eigenvalue weighted by Crippen LogP contribution is -2.30. The minimum atomic E-state index is -1.14. The van der Waals surface area contributed by atoms with Gasteiger partial charge in [-0.1, -0.05) is 53.8 Å². The molecule has 0 unspecified atom stereocenters. The Bertz CT molecular complexity index is 959. The Morgan fingerprint density at radius 3 is 2.96 bits per heavy atom. The van der Waals surface area contributed by atoms with Gasteiger partial charge in [0.1, 0.15) is 9.47 Å². The number of para-hydroxylation sites is 1. The van der Waals surface area contributed by atoms with E-state index in [1.165, 1.54) is 16.7 Å². The highest BCUT2D eigenvalue weighted by Gasteiger charge is 2.31. The molecule has 0 saturated carbocycles. The fraction of sp³-hybridized carbons (Fsp3) is 0.222. The molecule has 1 aromatic heterocycles. The standard InChI is InChI=1S/C18H15ClN2O3S2/c1-10-4-2-5-11-8-12(16(19)20-15(10)11)9-13-17(24)21(18(25)26-13)7-3-6-14(22)23/h2,4-5,8-9H,3,6-7H2,1H3,(H,22,23)/p-1/b13-9-. The van der Waals surface area contributed by atoms with E-state index >= 15 is 0 Å². The van der Waals surface area contributed by atoms with Crippen molar-refractivity contribution in [3.63, 3.8) is 0 Å². The zero-order valence-corrected chi connectivity index (χ0v) is 16.2. The third-order valence-corrected chi connectivity index (χ3v) is 5.63. The number of amides is 1. The van der Waals surface area contributed by atoms with Crippen LogP contribution in [0.25, 0.3) is 17.0 Å². The van der Waals surface area contributed by atoms with Crippen molar-refractivity contribution in [2.24, 2.45) is 0 Å². The molecule has 2 aromatic rings. The summed E-state index contributed by atoms with van der Waals surface area (Å²) in [5.74, 6) is -1.39. The number of hydrogen-bond acceptors (Lipinski definition) is 6. The van der Waals surface area contributed by atoms with Gasteiger partial charge in [-0.2, -0.15) is 0 Å². The molecular formula is C18H14ClN2O3S2-. The average molecular weight is 406 g/mol. The zero-order valence-electron chi connectivity index (χ0n) is 13.8. The van der Waals surface area contributed by atoms with Gasteiger partial charge in [0, 0.05) is 23.5 Å². The number of pyridine rings is 1. The largest absolute Gasteiger partial charge is 0.550 e. The van der Waals surface area contributed by atoms with E-state index in [-0.39, 0.29) is 18.9 Å². The maximum atomic E-state index is 12.5. The van der Waals surface area contributed by atoms with Crippen molar-refractivity contribution in [3.05, 3.63) is 45.5 Å². The Morgan fingerprint density at radius 2 is 2.23 bits per heavy atom. The van der Waals surface area contributed by atoms with E-state index in [4.69, 9.17) is 23.8 Å². The normalized spacial score (nSPS) is 16.1. The summed E-state index contributed by atoms with van der Waals surface area (Å²) in [7, 11) is 0. The summed E-state index contributed by atoms with van der Waals surface area (Å²) in [5, 5.41) is 11.8. The number of halogens is 1. The third-order valence-electron chi connectivity index (χ3n) is 3.95. The molecule has 1 fully saturated rings. The topological polar surface area (TPSA) is 73.3 Å². The molecule has 1 aromatic carbocycles. The number of carboxylic acid groups (broad SMARTS) is 1. The molecule has 0 bridgehead atoms. The fourth-order valence-corrected chi connectivity index (χ4v) is 4.15. The predicted molar refractivity (Wildman–Crippen MR) is 106 cm³/mol. The fourth-order valence-electron chi connectivity index (χ4n) is 2.66. The number of aryl methyl sites for hydroxylation is 1. The summed E-state index contributed by atoms with van der Waals surface area (Å²) in [4.78, 5) is 29.4. The number of nitrogens with zero attached hydrogens (tertiary/aromatic N) is 2. The summed E-state index contributed by atoms with van der Waals surface area (Å²) in [6.45, 7) is 2.21. The van der Waals surface area contributed by atoms with Gasteiger partial charge in [0.15, 0.2) is 0 Å². The molecule has 2 heterocycles. The minimum absolute atomic E-state index is 0.115. The third kappa shape index (κ3) is 3.90. The predicted octanol–water partition coefficient (Wildman–Crippen LogP) is 2.93. The van der Waals surface area contributed by atoms with E-state index in [1.54, 1.807) is 6.08 Å². The summed E-state index contributed by atoms with van der Waals surface area (Å²) < 4.78 is 0.403. The van der Waals surface area contributed by atoms with Crippen LogP contribution < -0.4 is 5.11 Å². The number of aromatic nitrogens is 1. The number of rotatable bonds is 5. The smallest absolute Gasteiger partial charge is 0.266 e. The number of thioether (sulfide) groups is 1. The molecule has 0 N–H and O–H groups in total. The summed E-state index contributed by atoms with van der Waals surface area (Å²) in [6.07, 6.45) is 1.85. The van der Waals surface area contributed by atoms with E-state index in [2.05, 4.69) is 4.98 Å². The number of carbonyl (C=O) groups excluding carboxylic acids is 2. The van der Waals surface area contributed by atoms with Gasteiger partial charge in [0.05, 0.1) is 10.4 Å². The van der Waals surface area contributed by atoms with Gasteiger partial charge in [-0.3, -0.25) is 9.69 Å². The molecule has 0 spiro atoms. The molecule has 0 aliphatic carbocycles. The number of hydrogen-bond donors (Lipinski definition) is 0. The number of carboxylic acids is 1. The van der Waals surface area contributed by atoms with Gasteiger partial charge >= 0.3 is 0 Å². The van der Waals surface area contributed by atoms with Crippen molar-refractivity contribution in [2.75, 3.05) is 6.54 Å². The first kappa shape index (κ1) is 18.8. The molecule has 1 amide bonds. The quantitative estimate of drug-likeness (QED) is 0.432. The number of fused-ring (bicyclic) bond motifs is 1. The number of aliphatic carboxylic acids is 1.